The van der Waals surface area contributed by atoms with Crippen LogP contribution in [0.5, 0.6) is 0 Å². The number of carbonyl (C=O) groups is 1. The number of quaternary nitrogens is 1. The molecule has 0 aliphatic heterocycles. The molecule has 26 heavy (non-hydrogen) atoms. The summed E-state index contributed by atoms with van der Waals surface area (Å²) in [5.74, 6) is -1.12. The molecule has 0 aliphatic carbocycles. The zero-order valence-corrected chi connectivity index (χ0v) is 16.7. The Hall–Kier alpha value is -1.30. The molecule has 0 spiro atoms. The number of aliphatic carboxylic acids is 1. The van der Waals surface area contributed by atoms with Crippen molar-refractivity contribution in [3.63, 3.8) is 0 Å². The number of alkyl halides is 3. The van der Waals surface area contributed by atoms with Gasteiger partial charge in [-0.2, -0.15) is 13.2 Å². The molecular formula is C15H17Br2F3N2O4. The maximum absolute atomic E-state index is 10.5. The smallest absolute Gasteiger partial charge is 0.430 e. The molecule has 2 aromatic heterocycles. The number of furan rings is 2. The second-order valence-electron chi connectivity index (χ2n) is 5.11. The van der Waals surface area contributed by atoms with Crippen LogP contribution < -0.4 is 10.8 Å². The quantitative estimate of drug-likeness (QED) is 0.622. The van der Waals surface area contributed by atoms with Gasteiger partial charge in [-0.3, -0.25) is 4.90 Å². The number of rotatable bonds is 7. The SMILES string of the molecule is O=C([O-])C(F)(F)F.[NH3+]CCCN(Cc1ccc(Br)o1)Cc1ccc(Br)o1. The summed E-state index contributed by atoms with van der Waals surface area (Å²) in [6, 6.07) is 7.80. The molecule has 2 heterocycles. The van der Waals surface area contributed by atoms with Crippen molar-refractivity contribution in [3.05, 3.63) is 45.1 Å². The molecule has 0 aliphatic rings. The monoisotopic (exact) mass is 504 g/mol. The molecule has 0 unspecified atom stereocenters. The van der Waals surface area contributed by atoms with Crippen molar-refractivity contribution >= 4 is 37.8 Å². The van der Waals surface area contributed by atoms with E-state index >= 15 is 0 Å². The number of carboxylic acid groups (broad SMARTS) is 1. The molecule has 0 atom stereocenters. The summed E-state index contributed by atoms with van der Waals surface area (Å²) in [7, 11) is 0. The summed E-state index contributed by atoms with van der Waals surface area (Å²) in [6.07, 6.45) is -4.14. The summed E-state index contributed by atoms with van der Waals surface area (Å²) in [5, 5.41) is 8.78. The molecule has 0 fully saturated rings. The summed E-state index contributed by atoms with van der Waals surface area (Å²) >= 11 is 6.65. The highest BCUT2D eigenvalue weighted by molar-refractivity contribution is 9.10. The lowest BCUT2D eigenvalue weighted by molar-refractivity contribution is -0.368. The topological polar surface area (TPSA) is 97.3 Å². The first-order chi connectivity index (χ1) is 12.1. The summed E-state index contributed by atoms with van der Waals surface area (Å²) < 4.78 is 44.2. The third-order valence-corrected chi connectivity index (χ3v) is 3.82. The number of hydrogen-bond donors (Lipinski definition) is 1. The minimum Gasteiger partial charge on any atom is -0.542 e. The predicted octanol–water partition coefficient (Wildman–Crippen LogP) is 2.33. The van der Waals surface area contributed by atoms with Crippen molar-refractivity contribution in [2.45, 2.75) is 25.7 Å². The third kappa shape index (κ3) is 8.88. The van der Waals surface area contributed by atoms with Crippen LogP contribution in [0.1, 0.15) is 17.9 Å². The number of nitrogens with zero attached hydrogens (tertiary/aromatic N) is 1. The Balaban J connectivity index is 0.000000412. The molecule has 6 nitrogen and oxygen atoms in total. The van der Waals surface area contributed by atoms with Gasteiger partial charge in [-0.25, -0.2) is 0 Å². The van der Waals surface area contributed by atoms with Crippen LogP contribution in [0.25, 0.3) is 0 Å². The average molecular weight is 506 g/mol. The maximum atomic E-state index is 10.5. The van der Waals surface area contributed by atoms with Gasteiger partial charge in [0.15, 0.2) is 9.34 Å². The van der Waals surface area contributed by atoms with Crippen molar-refractivity contribution in [1.29, 1.82) is 0 Å². The van der Waals surface area contributed by atoms with E-state index < -0.39 is 12.1 Å². The van der Waals surface area contributed by atoms with Crippen LogP contribution in [0, 0.1) is 0 Å². The molecule has 0 radical (unpaired) electrons. The fourth-order valence-electron chi connectivity index (χ4n) is 1.86. The van der Waals surface area contributed by atoms with E-state index in [0.717, 1.165) is 53.5 Å². The van der Waals surface area contributed by atoms with Crippen molar-refractivity contribution < 1.29 is 37.6 Å². The fourth-order valence-corrected chi connectivity index (χ4v) is 2.54. The zero-order valence-electron chi connectivity index (χ0n) is 13.5. The van der Waals surface area contributed by atoms with Gasteiger partial charge in [0.2, 0.25) is 0 Å². The van der Waals surface area contributed by atoms with E-state index in [2.05, 4.69) is 42.5 Å². The number of carboxylic acids is 1. The molecule has 146 valence electrons. The van der Waals surface area contributed by atoms with Gasteiger partial charge in [-0.15, -0.1) is 0 Å². The van der Waals surface area contributed by atoms with Crippen molar-refractivity contribution in [1.82, 2.24) is 4.90 Å². The van der Waals surface area contributed by atoms with E-state index in [-0.39, 0.29) is 0 Å². The van der Waals surface area contributed by atoms with E-state index in [9.17, 15) is 13.2 Å². The second kappa shape index (κ2) is 10.8. The first-order valence-corrected chi connectivity index (χ1v) is 8.98. The highest BCUT2D eigenvalue weighted by Gasteiger charge is 2.28. The van der Waals surface area contributed by atoms with E-state index in [0.29, 0.717) is 0 Å². The van der Waals surface area contributed by atoms with Crippen LogP contribution in [0.4, 0.5) is 13.2 Å². The zero-order chi connectivity index (χ0) is 19.7. The lowest BCUT2D eigenvalue weighted by Crippen LogP contribution is -2.51. The van der Waals surface area contributed by atoms with Crippen LogP contribution in [0.2, 0.25) is 0 Å². The predicted molar refractivity (Wildman–Crippen MR) is 90.4 cm³/mol. The Bertz CT molecular complexity index is 646. The molecule has 0 aromatic carbocycles. The van der Waals surface area contributed by atoms with Gasteiger partial charge in [0.05, 0.1) is 19.6 Å². The Morgan fingerprint density at radius 2 is 1.50 bits per heavy atom. The lowest BCUT2D eigenvalue weighted by atomic mass is 10.3. The highest BCUT2D eigenvalue weighted by atomic mass is 79.9. The van der Waals surface area contributed by atoms with E-state index in [1.165, 1.54) is 0 Å². The van der Waals surface area contributed by atoms with Crippen molar-refractivity contribution in [2.24, 2.45) is 0 Å². The third-order valence-electron chi connectivity index (χ3n) is 2.97. The van der Waals surface area contributed by atoms with Crippen molar-refractivity contribution in [2.75, 3.05) is 13.1 Å². The standard InChI is InChI=1S/C13H16Br2N2O2.C2HF3O2/c14-12-4-2-10(18-12)8-17(7-1-6-16)9-11-3-5-13(15)19-11;3-2(4,5)1(6)7/h2-5H,1,6-9,16H2;(H,6,7). The van der Waals surface area contributed by atoms with Gasteiger partial charge >= 0.3 is 6.18 Å². The van der Waals surface area contributed by atoms with Crippen LogP contribution in [-0.4, -0.2) is 30.1 Å². The van der Waals surface area contributed by atoms with Crippen LogP contribution in [0.3, 0.4) is 0 Å². The van der Waals surface area contributed by atoms with Gasteiger partial charge in [0, 0.05) is 13.0 Å². The van der Waals surface area contributed by atoms with Crippen molar-refractivity contribution in [3.8, 4) is 0 Å². The highest BCUT2D eigenvalue weighted by Crippen LogP contribution is 2.19. The Labute approximate surface area is 164 Å². The molecule has 0 amide bonds. The van der Waals surface area contributed by atoms with Crippen LogP contribution >= 0.6 is 31.9 Å². The van der Waals surface area contributed by atoms with E-state index in [4.69, 9.17) is 18.7 Å². The van der Waals surface area contributed by atoms with Gasteiger partial charge < -0.3 is 24.5 Å². The van der Waals surface area contributed by atoms with E-state index in [1.807, 2.05) is 24.3 Å². The minimum atomic E-state index is -5.19. The normalized spacial score (nSPS) is 11.3. The van der Waals surface area contributed by atoms with E-state index in [1.54, 1.807) is 0 Å². The Morgan fingerprint density at radius 3 is 1.77 bits per heavy atom. The molecule has 2 aromatic rings. The minimum absolute atomic E-state index is 0.764. The molecule has 0 saturated heterocycles. The summed E-state index contributed by atoms with van der Waals surface area (Å²) in [5.41, 5.74) is 3.89. The lowest BCUT2D eigenvalue weighted by Gasteiger charge is -2.19. The molecular weight excluding hydrogens is 489 g/mol. The van der Waals surface area contributed by atoms with Gasteiger partial charge in [0.1, 0.15) is 17.5 Å². The van der Waals surface area contributed by atoms with Gasteiger partial charge in [-0.1, -0.05) is 0 Å². The molecule has 11 heteroatoms. The average Bonchev–Trinajstić information content (AvgIpc) is 3.13. The molecule has 2 rings (SSSR count). The first kappa shape index (κ1) is 22.7. The van der Waals surface area contributed by atoms with Crippen LogP contribution in [0.15, 0.2) is 42.4 Å². The van der Waals surface area contributed by atoms with Gasteiger partial charge in [0.25, 0.3) is 0 Å². The first-order valence-electron chi connectivity index (χ1n) is 7.40. The number of halogens is 5. The molecule has 0 saturated carbocycles. The summed E-state index contributed by atoms with van der Waals surface area (Å²) in [4.78, 5) is 11.1. The van der Waals surface area contributed by atoms with Gasteiger partial charge in [-0.05, 0) is 56.1 Å². The second-order valence-corrected chi connectivity index (χ2v) is 6.68. The Morgan fingerprint density at radius 1 is 1.08 bits per heavy atom. The number of carbonyl (C=O) groups excluding carboxylic acids is 1. The molecule has 3 N–H and O–H groups in total. The molecule has 0 bridgehead atoms. The Kier molecular flexibility index (Phi) is 9.41. The summed E-state index contributed by atoms with van der Waals surface area (Å²) in [6.45, 7) is 3.44. The number of hydrogen-bond acceptors (Lipinski definition) is 5. The van der Waals surface area contributed by atoms with Crippen LogP contribution in [-0.2, 0) is 17.9 Å². The fraction of sp³-hybridized carbons (Fsp3) is 0.400. The maximum Gasteiger partial charge on any atom is 0.430 e. The largest absolute Gasteiger partial charge is 0.542 e.